The van der Waals surface area contributed by atoms with Crippen LogP contribution in [0.5, 0.6) is 0 Å². The van der Waals surface area contributed by atoms with Crippen LogP contribution in [0.4, 0.5) is 5.69 Å². The van der Waals surface area contributed by atoms with Gasteiger partial charge in [-0.1, -0.05) is 6.92 Å². The maximum absolute atomic E-state index is 12.5. The second kappa shape index (κ2) is 5.31. The molecule has 1 atom stereocenters. The third-order valence-corrected chi connectivity index (χ3v) is 6.98. The number of fused-ring (bicyclic) bond motifs is 1. The Kier molecular flexibility index (Phi) is 3.46. The van der Waals surface area contributed by atoms with E-state index in [1.807, 2.05) is 25.1 Å². The van der Waals surface area contributed by atoms with Crippen molar-refractivity contribution in [3.05, 3.63) is 24.1 Å². The fourth-order valence-electron chi connectivity index (χ4n) is 3.65. The molecular weight excluding hydrogens is 328 g/mol. The molecule has 1 amide bonds. The number of anilines is 1. The van der Waals surface area contributed by atoms with Gasteiger partial charge in [-0.25, -0.2) is 13.4 Å². The van der Waals surface area contributed by atoms with Crippen LogP contribution in [0.3, 0.4) is 0 Å². The number of hydrogen-bond acceptors (Lipinski definition) is 5. The highest BCUT2D eigenvalue weighted by Crippen LogP contribution is 2.60. The van der Waals surface area contributed by atoms with Gasteiger partial charge in [0.1, 0.15) is 15.4 Å². The summed E-state index contributed by atoms with van der Waals surface area (Å²) in [6, 6.07) is 5.44. The van der Waals surface area contributed by atoms with Gasteiger partial charge in [-0.3, -0.25) is 4.79 Å². The molecule has 1 aliphatic carbocycles. The van der Waals surface area contributed by atoms with Gasteiger partial charge < -0.3 is 9.73 Å². The first-order chi connectivity index (χ1) is 11.4. The number of hydrogen-bond donors (Lipinski definition) is 1. The lowest BCUT2D eigenvalue weighted by Gasteiger charge is -2.22. The number of oxazole rings is 1. The minimum Gasteiger partial charge on any atom is -0.441 e. The third-order valence-electron chi connectivity index (χ3n) is 5.33. The van der Waals surface area contributed by atoms with Crippen LogP contribution < -0.4 is 5.32 Å². The lowest BCUT2D eigenvalue weighted by Crippen LogP contribution is -2.28. The largest absolute Gasteiger partial charge is 0.441 e. The molecule has 2 aromatic rings. The number of rotatable bonds is 3. The number of aromatic nitrogens is 1. The number of amides is 1. The van der Waals surface area contributed by atoms with E-state index in [0.717, 1.165) is 18.4 Å². The van der Waals surface area contributed by atoms with E-state index in [4.69, 9.17) is 4.42 Å². The van der Waals surface area contributed by atoms with Crippen LogP contribution in [0.2, 0.25) is 0 Å². The molecule has 24 heavy (non-hydrogen) atoms. The molecule has 2 aliphatic rings. The predicted molar refractivity (Wildman–Crippen MR) is 90.4 cm³/mol. The van der Waals surface area contributed by atoms with Crippen molar-refractivity contribution in [2.24, 2.45) is 11.3 Å². The van der Waals surface area contributed by atoms with E-state index < -0.39 is 9.84 Å². The van der Waals surface area contributed by atoms with Crippen LogP contribution in [0, 0.1) is 11.3 Å². The van der Waals surface area contributed by atoms with Crippen LogP contribution >= 0.6 is 0 Å². The lowest BCUT2D eigenvalue weighted by atomic mass is 9.96. The van der Waals surface area contributed by atoms with Crippen molar-refractivity contribution in [3.63, 3.8) is 0 Å². The average Bonchev–Trinajstić information content (AvgIpc) is 3.11. The number of nitrogens with one attached hydrogen (secondary N) is 1. The molecular formula is C17H20N2O4S. The second-order valence-corrected chi connectivity index (χ2v) is 9.21. The Labute approximate surface area is 140 Å². The molecule has 1 saturated heterocycles. The summed E-state index contributed by atoms with van der Waals surface area (Å²) in [5.41, 5.74) is 2.06. The Morgan fingerprint density at radius 2 is 2.12 bits per heavy atom. The molecule has 2 fully saturated rings. The van der Waals surface area contributed by atoms with Crippen LogP contribution in [0.15, 0.2) is 22.6 Å². The fraction of sp³-hybridized carbons (Fsp3) is 0.529. The maximum atomic E-state index is 12.5. The van der Waals surface area contributed by atoms with Crippen LogP contribution in [0.25, 0.3) is 11.1 Å². The van der Waals surface area contributed by atoms with E-state index in [1.54, 1.807) is 0 Å². The van der Waals surface area contributed by atoms with Gasteiger partial charge in [0, 0.05) is 18.0 Å². The van der Waals surface area contributed by atoms with Crippen molar-refractivity contribution in [2.45, 2.75) is 32.6 Å². The SMILES string of the molecule is CCc1nc2cc(NC(=O)C3CC34CCS(=O)(=O)CC4)ccc2o1. The summed E-state index contributed by atoms with van der Waals surface area (Å²) in [4.78, 5) is 16.9. The Bertz CT molecular complexity index is 902. The van der Waals surface area contributed by atoms with E-state index >= 15 is 0 Å². The summed E-state index contributed by atoms with van der Waals surface area (Å²) in [6.07, 6.45) is 2.73. The summed E-state index contributed by atoms with van der Waals surface area (Å²) >= 11 is 0. The molecule has 1 unspecified atom stereocenters. The van der Waals surface area contributed by atoms with Crippen molar-refractivity contribution < 1.29 is 17.6 Å². The monoisotopic (exact) mass is 348 g/mol. The van der Waals surface area contributed by atoms with Crippen LogP contribution in [-0.4, -0.2) is 30.8 Å². The van der Waals surface area contributed by atoms with Crippen molar-refractivity contribution >= 4 is 32.5 Å². The van der Waals surface area contributed by atoms with Crippen molar-refractivity contribution in [3.8, 4) is 0 Å². The van der Waals surface area contributed by atoms with E-state index in [9.17, 15) is 13.2 Å². The predicted octanol–water partition coefficient (Wildman–Crippen LogP) is 2.54. The zero-order valence-electron chi connectivity index (χ0n) is 13.5. The van der Waals surface area contributed by atoms with E-state index in [2.05, 4.69) is 10.3 Å². The molecule has 2 heterocycles. The van der Waals surface area contributed by atoms with Gasteiger partial charge in [-0.05, 0) is 42.9 Å². The third kappa shape index (κ3) is 2.70. The molecule has 0 bridgehead atoms. The average molecular weight is 348 g/mol. The van der Waals surface area contributed by atoms with E-state index in [0.29, 0.717) is 30.0 Å². The summed E-state index contributed by atoms with van der Waals surface area (Å²) in [5, 5.41) is 2.95. The van der Waals surface area contributed by atoms with E-state index in [1.165, 1.54) is 0 Å². The molecule has 1 spiro atoms. The van der Waals surface area contributed by atoms with Gasteiger partial charge >= 0.3 is 0 Å². The fourth-order valence-corrected chi connectivity index (χ4v) is 5.29. The Morgan fingerprint density at radius 1 is 1.38 bits per heavy atom. The highest BCUT2D eigenvalue weighted by atomic mass is 32.2. The summed E-state index contributed by atoms with van der Waals surface area (Å²) in [5.74, 6) is 1.00. The Morgan fingerprint density at radius 3 is 2.83 bits per heavy atom. The number of aryl methyl sites for hydroxylation is 1. The minimum atomic E-state index is -2.90. The van der Waals surface area contributed by atoms with Crippen LogP contribution in [0.1, 0.15) is 32.1 Å². The molecule has 1 aromatic heterocycles. The summed E-state index contributed by atoms with van der Waals surface area (Å²) in [6.45, 7) is 1.98. The Balaban J connectivity index is 1.45. The molecule has 1 N–H and O–H groups in total. The van der Waals surface area contributed by atoms with E-state index in [-0.39, 0.29) is 28.7 Å². The van der Waals surface area contributed by atoms with Crippen molar-refractivity contribution in [1.29, 1.82) is 0 Å². The maximum Gasteiger partial charge on any atom is 0.228 e. The minimum absolute atomic E-state index is 0.0205. The normalized spacial score (nSPS) is 24.1. The quantitative estimate of drug-likeness (QED) is 0.921. The number of carbonyl (C=O) groups is 1. The molecule has 6 nitrogen and oxygen atoms in total. The van der Waals surface area contributed by atoms with Gasteiger partial charge in [0.2, 0.25) is 5.91 Å². The molecule has 0 radical (unpaired) electrons. The number of nitrogens with zero attached hydrogens (tertiary/aromatic N) is 1. The van der Waals surface area contributed by atoms with Crippen molar-refractivity contribution in [1.82, 2.24) is 4.98 Å². The van der Waals surface area contributed by atoms with Crippen LogP contribution in [-0.2, 0) is 21.1 Å². The zero-order valence-corrected chi connectivity index (χ0v) is 14.4. The molecule has 4 rings (SSSR count). The van der Waals surface area contributed by atoms with Gasteiger partial charge in [-0.2, -0.15) is 0 Å². The summed E-state index contributed by atoms with van der Waals surface area (Å²) < 4.78 is 28.7. The molecule has 7 heteroatoms. The van der Waals surface area contributed by atoms with Gasteiger partial charge in [0.25, 0.3) is 0 Å². The smallest absolute Gasteiger partial charge is 0.228 e. The zero-order chi connectivity index (χ0) is 16.9. The number of sulfone groups is 1. The molecule has 1 aliphatic heterocycles. The van der Waals surface area contributed by atoms with Gasteiger partial charge in [0.15, 0.2) is 11.5 Å². The molecule has 128 valence electrons. The summed E-state index contributed by atoms with van der Waals surface area (Å²) in [7, 11) is -2.90. The second-order valence-electron chi connectivity index (χ2n) is 6.90. The number of carbonyl (C=O) groups excluding carboxylic acids is 1. The highest BCUT2D eigenvalue weighted by Gasteiger charge is 2.59. The first-order valence-corrected chi connectivity index (χ1v) is 10.1. The highest BCUT2D eigenvalue weighted by molar-refractivity contribution is 7.91. The van der Waals surface area contributed by atoms with Gasteiger partial charge in [-0.15, -0.1) is 0 Å². The van der Waals surface area contributed by atoms with Crippen molar-refractivity contribution in [2.75, 3.05) is 16.8 Å². The lowest BCUT2D eigenvalue weighted by molar-refractivity contribution is -0.118. The molecule has 1 aromatic carbocycles. The molecule has 1 saturated carbocycles. The topological polar surface area (TPSA) is 89.3 Å². The first-order valence-electron chi connectivity index (χ1n) is 8.32. The first kappa shape index (κ1) is 15.6. The number of benzene rings is 1. The standard InChI is InChI=1S/C17H20N2O4S/c1-2-15-19-13-9-11(3-4-14(13)23-15)18-16(20)12-10-17(12)5-7-24(21,22)8-6-17/h3-4,9,12H,2,5-8,10H2,1H3,(H,18,20). The Hall–Kier alpha value is -1.89. The van der Waals surface area contributed by atoms with Gasteiger partial charge in [0.05, 0.1) is 11.5 Å².